The van der Waals surface area contributed by atoms with E-state index in [9.17, 15) is 9.59 Å². The van der Waals surface area contributed by atoms with Crippen LogP contribution in [0.15, 0.2) is 45.6 Å². The van der Waals surface area contributed by atoms with Crippen molar-refractivity contribution in [2.45, 2.75) is 26.3 Å². The monoisotopic (exact) mass is 480 g/mol. The first kappa shape index (κ1) is 24.6. The Morgan fingerprint density at radius 1 is 0.971 bits per heavy atom. The molecule has 1 amide bonds. The number of hydrogen-bond acceptors (Lipinski definition) is 7. The summed E-state index contributed by atoms with van der Waals surface area (Å²) in [4.78, 5) is 31.3. The van der Waals surface area contributed by atoms with Crippen LogP contribution in [0.25, 0.3) is 11.0 Å². The number of carbonyl (C=O) groups excluding carboxylic acids is 1. The van der Waals surface area contributed by atoms with E-state index in [1.807, 2.05) is 0 Å². The van der Waals surface area contributed by atoms with Crippen LogP contribution in [0.2, 0.25) is 0 Å². The van der Waals surface area contributed by atoms with Gasteiger partial charge in [-0.1, -0.05) is 26.0 Å². The van der Waals surface area contributed by atoms with Crippen LogP contribution in [0.1, 0.15) is 48.0 Å². The van der Waals surface area contributed by atoms with Crippen molar-refractivity contribution in [2.24, 2.45) is 0 Å². The van der Waals surface area contributed by atoms with Crippen LogP contribution < -0.4 is 19.6 Å². The van der Waals surface area contributed by atoms with Gasteiger partial charge >= 0.3 is 0 Å². The van der Waals surface area contributed by atoms with Crippen LogP contribution in [0.5, 0.6) is 17.2 Å². The number of ether oxygens (including phenoxy) is 3. The van der Waals surface area contributed by atoms with Crippen molar-refractivity contribution in [1.29, 1.82) is 0 Å². The second-order valence-corrected chi connectivity index (χ2v) is 8.41. The molecule has 0 saturated heterocycles. The second-order valence-electron chi connectivity index (χ2n) is 8.41. The number of para-hydroxylation sites is 1. The van der Waals surface area contributed by atoms with Crippen molar-refractivity contribution >= 4 is 16.9 Å². The summed E-state index contributed by atoms with van der Waals surface area (Å²) in [6.07, 6.45) is 0.760. The molecule has 8 nitrogen and oxygen atoms in total. The molecule has 0 aliphatic carbocycles. The van der Waals surface area contributed by atoms with E-state index in [2.05, 4.69) is 18.7 Å². The van der Waals surface area contributed by atoms with Crippen LogP contribution in [-0.2, 0) is 0 Å². The lowest BCUT2D eigenvalue weighted by atomic mass is 9.97. The largest absolute Gasteiger partial charge is 0.493 e. The number of nitrogens with zero attached hydrogens (tertiary/aromatic N) is 2. The molecule has 2 heterocycles. The first-order valence-electron chi connectivity index (χ1n) is 11.9. The number of rotatable bonds is 10. The SMILES string of the molecule is CCN(CC)CCCN1C(=O)c2oc3ccccc3c(=O)c2[C@H]1c1cc(OC)c(OC)c(OC)c1. The van der Waals surface area contributed by atoms with Gasteiger partial charge in [0.1, 0.15) is 5.58 Å². The number of benzene rings is 2. The highest BCUT2D eigenvalue weighted by Gasteiger charge is 2.43. The summed E-state index contributed by atoms with van der Waals surface area (Å²) in [6.45, 7) is 7.42. The molecule has 1 aliphatic rings. The van der Waals surface area contributed by atoms with Crippen molar-refractivity contribution in [1.82, 2.24) is 9.80 Å². The third-order valence-electron chi connectivity index (χ3n) is 6.64. The Bertz CT molecular complexity index is 1260. The standard InChI is InChI=1S/C27H32N2O6/c1-6-28(7-2)13-10-14-29-23(17-15-20(32-3)25(34-5)21(16-17)33-4)22-24(30)18-11-8-9-12-19(18)35-26(22)27(29)31/h8-9,11-12,15-16,23H,6-7,10,13-14H2,1-5H3/t23-/m1/s1. The van der Waals surface area contributed by atoms with E-state index >= 15 is 0 Å². The first-order chi connectivity index (χ1) is 17.0. The zero-order valence-corrected chi connectivity index (χ0v) is 20.9. The summed E-state index contributed by atoms with van der Waals surface area (Å²) in [6, 6.07) is 9.96. The Morgan fingerprint density at radius 2 is 1.63 bits per heavy atom. The third kappa shape index (κ3) is 4.34. The van der Waals surface area contributed by atoms with Gasteiger partial charge in [0, 0.05) is 6.54 Å². The summed E-state index contributed by atoms with van der Waals surface area (Å²) in [7, 11) is 4.62. The van der Waals surface area contributed by atoms with Gasteiger partial charge in [0.05, 0.1) is 38.3 Å². The molecule has 0 spiro atoms. The van der Waals surface area contributed by atoms with Crippen molar-refractivity contribution in [3.05, 3.63) is 63.5 Å². The maximum absolute atomic E-state index is 13.7. The number of fused-ring (bicyclic) bond motifs is 2. The van der Waals surface area contributed by atoms with Crippen LogP contribution in [0.3, 0.4) is 0 Å². The molecule has 0 radical (unpaired) electrons. The van der Waals surface area contributed by atoms with Gasteiger partial charge in [-0.3, -0.25) is 9.59 Å². The van der Waals surface area contributed by atoms with E-state index in [1.54, 1.807) is 55.5 Å². The average molecular weight is 481 g/mol. The lowest BCUT2D eigenvalue weighted by molar-refractivity contribution is 0.0719. The number of methoxy groups -OCH3 is 3. The molecule has 0 unspecified atom stereocenters. The van der Waals surface area contributed by atoms with Crippen molar-refractivity contribution < 1.29 is 23.4 Å². The Labute approximate surface area is 205 Å². The molecule has 0 fully saturated rings. The van der Waals surface area contributed by atoms with E-state index in [0.29, 0.717) is 45.9 Å². The van der Waals surface area contributed by atoms with Gasteiger partial charge in [-0.15, -0.1) is 0 Å². The van der Waals surface area contributed by atoms with E-state index < -0.39 is 6.04 Å². The molecule has 3 aromatic rings. The molecule has 8 heteroatoms. The molecule has 1 aliphatic heterocycles. The van der Waals surface area contributed by atoms with E-state index in [-0.39, 0.29) is 17.1 Å². The highest BCUT2D eigenvalue weighted by molar-refractivity contribution is 5.99. The Balaban J connectivity index is 1.87. The van der Waals surface area contributed by atoms with Crippen molar-refractivity contribution in [3.63, 3.8) is 0 Å². The van der Waals surface area contributed by atoms with Crippen molar-refractivity contribution in [3.8, 4) is 17.2 Å². The summed E-state index contributed by atoms with van der Waals surface area (Å²) >= 11 is 0. The van der Waals surface area contributed by atoms with Gasteiger partial charge in [0.25, 0.3) is 5.91 Å². The quantitative estimate of drug-likeness (QED) is 0.432. The fourth-order valence-electron chi connectivity index (χ4n) is 4.81. The van der Waals surface area contributed by atoms with Crippen LogP contribution in [0.4, 0.5) is 0 Å². The molecular formula is C27H32N2O6. The molecule has 1 atom stereocenters. The zero-order chi connectivity index (χ0) is 25.1. The van der Waals surface area contributed by atoms with Crippen LogP contribution in [-0.4, -0.2) is 63.2 Å². The zero-order valence-electron chi connectivity index (χ0n) is 20.9. The molecule has 0 saturated carbocycles. The summed E-state index contributed by atoms with van der Waals surface area (Å²) in [5, 5.41) is 0.446. The molecule has 0 N–H and O–H groups in total. The van der Waals surface area contributed by atoms with Gasteiger partial charge < -0.3 is 28.4 Å². The molecule has 35 heavy (non-hydrogen) atoms. The number of hydrogen-bond donors (Lipinski definition) is 0. The Hall–Kier alpha value is -3.52. The lowest BCUT2D eigenvalue weighted by Crippen LogP contribution is -2.33. The fourth-order valence-corrected chi connectivity index (χ4v) is 4.81. The van der Waals surface area contributed by atoms with E-state index in [0.717, 1.165) is 26.1 Å². The molecule has 2 aromatic carbocycles. The minimum absolute atomic E-state index is 0.0929. The predicted molar refractivity (Wildman–Crippen MR) is 134 cm³/mol. The van der Waals surface area contributed by atoms with Gasteiger partial charge in [-0.05, 0) is 55.9 Å². The van der Waals surface area contributed by atoms with Gasteiger partial charge in [-0.25, -0.2) is 0 Å². The minimum atomic E-state index is -0.635. The third-order valence-corrected chi connectivity index (χ3v) is 6.64. The average Bonchev–Trinajstić information content (AvgIpc) is 3.17. The normalized spacial score (nSPS) is 15.1. The van der Waals surface area contributed by atoms with E-state index in [1.165, 1.54) is 7.11 Å². The van der Waals surface area contributed by atoms with Crippen LogP contribution in [0, 0.1) is 0 Å². The smallest absolute Gasteiger partial charge is 0.290 e. The Kier molecular flexibility index (Phi) is 7.31. The van der Waals surface area contributed by atoms with Gasteiger partial charge in [-0.2, -0.15) is 0 Å². The summed E-state index contributed by atoms with van der Waals surface area (Å²) in [5.41, 5.74) is 1.22. The van der Waals surface area contributed by atoms with Gasteiger partial charge in [0.15, 0.2) is 16.9 Å². The maximum atomic E-state index is 13.7. The highest BCUT2D eigenvalue weighted by Crippen LogP contribution is 2.45. The highest BCUT2D eigenvalue weighted by atomic mass is 16.5. The number of amides is 1. The van der Waals surface area contributed by atoms with Gasteiger partial charge in [0.2, 0.25) is 11.5 Å². The Morgan fingerprint density at radius 3 is 2.23 bits per heavy atom. The molecule has 0 bridgehead atoms. The number of carbonyl (C=O) groups is 1. The molecule has 4 rings (SSSR count). The minimum Gasteiger partial charge on any atom is -0.493 e. The fraction of sp³-hybridized carbons (Fsp3) is 0.407. The van der Waals surface area contributed by atoms with E-state index in [4.69, 9.17) is 18.6 Å². The summed E-state index contributed by atoms with van der Waals surface area (Å²) in [5.74, 6) is 1.16. The lowest BCUT2D eigenvalue weighted by Gasteiger charge is -2.27. The molecular weight excluding hydrogens is 448 g/mol. The van der Waals surface area contributed by atoms with Crippen molar-refractivity contribution in [2.75, 3.05) is 47.5 Å². The topological polar surface area (TPSA) is 81.5 Å². The molecule has 1 aromatic heterocycles. The maximum Gasteiger partial charge on any atom is 0.290 e. The predicted octanol–water partition coefficient (Wildman–Crippen LogP) is 4.10. The second kappa shape index (κ2) is 10.4. The summed E-state index contributed by atoms with van der Waals surface area (Å²) < 4.78 is 22.6. The first-order valence-corrected chi connectivity index (χ1v) is 11.9. The molecule has 186 valence electrons. The van der Waals surface area contributed by atoms with Crippen LogP contribution >= 0.6 is 0 Å².